The lowest BCUT2D eigenvalue weighted by atomic mass is 9.85. The van der Waals surface area contributed by atoms with Crippen molar-refractivity contribution in [3.05, 3.63) is 85.1 Å². The normalized spacial score (nSPS) is 22.8. The van der Waals surface area contributed by atoms with E-state index in [9.17, 15) is 44.6 Å². The average Bonchev–Trinajstić information content (AvgIpc) is 3.24. The molecule has 6 N–H and O–H groups in total. The van der Waals surface area contributed by atoms with Gasteiger partial charge in [-0.2, -0.15) is 0 Å². The number of unbranched alkanes of at least 4 members (excludes halogenated alkanes) is 9. The van der Waals surface area contributed by atoms with Crippen molar-refractivity contribution in [2.75, 3.05) is 13.2 Å². The van der Waals surface area contributed by atoms with Crippen LogP contribution in [-0.4, -0.2) is 98.3 Å². The van der Waals surface area contributed by atoms with Crippen molar-refractivity contribution in [2.24, 2.45) is 0 Å². The summed E-state index contributed by atoms with van der Waals surface area (Å²) in [7, 11) is -5.14. The Balaban J connectivity index is 2.55. The lowest BCUT2D eigenvalue weighted by molar-refractivity contribution is -0.220. The van der Waals surface area contributed by atoms with Crippen molar-refractivity contribution < 1.29 is 63.1 Å². The first-order valence-electron chi connectivity index (χ1n) is 22.4. The fourth-order valence-corrected chi connectivity index (χ4v) is 7.10. The van der Waals surface area contributed by atoms with Gasteiger partial charge >= 0.3 is 19.8 Å². The largest absolute Gasteiger partial charge is 0.472 e. The molecule has 1 saturated carbocycles. The van der Waals surface area contributed by atoms with Crippen molar-refractivity contribution in [1.82, 2.24) is 0 Å². The molecule has 61 heavy (non-hydrogen) atoms. The van der Waals surface area contributed by atoms with Gasteiger partial charge in [-0.3, -0.25) is 18.6 Å². The van der Waals surface area contributed by atoms with Crippen LogP contribution >= 0.6 is 7.82 Å². The minimum atomic E-state index is -5.14. The van der Waals surface area contributed by atoms with Gasteiger partial charge in [-0.25, -0.2) is 4.57 Å². The molecule has 1 fully saturated rings. The zero-order chi connectivity index (χ0) is 45.0. The SMILES string of the molecule is CC/C=C/C/C=C/C/C=C/C/C=C/C/C=C/C/C=C/CCC(=O)O[C@H](COC(=O)CCCCCCC/C=C/CCCCCC)COP(=O)(O)OC1C(O)C(O)C(O)[C@H](O)C1O. The van der Waals surface area contributed by atoms with Gasteiger partial charge in [0.1, 0.15) is 43.2 Å². The lowest BCUT2D eigenvalue weighted by Gasteiger charge is -2.41. The maximum Gasteiger partial charge on any atom is 0.472 e. The molecule has 0 bridgehead atoms. The average molecular weight is 881 g/mol. The molecule has 348 valence electrons. The topological polar surface area (TPSA) is 210 Å². The predicted molar refractivity (Wildman–Crippen MR) is 239 cm³/mol. The lowest BCUT2D eigenvalue weighted by Crippen LogP contribution is -2.64. The molecule has 0 aromatic carbocycles. The molecule has 14 heteroatoms. The quantitative estimate of drug-likeness (QED) is 0.0153. The van der Waals surface area contributed by atoms with E-state index in [1.165, 1.54) is 25.7 Å². The molecule has 1 rings (SSSR count). The Morgan fingerprint density at radius 2 is 0.967 bits per heavy atom. The number of aliphatic hydroxyl groups excluding tert-OH is 5. The Morgan fingerprint density at radius 3 is 1.49 bits per heavy atom. The number of aliphatic hydroxyl groups is 5. The van der Waals surface area contributed by atoms with Crippen LogP contribution in [0.4, 0.5) is 0 Å². The highest BCUT2D eigenvalue weighted by Crippen LogP contribution is 2.47. The van der Waals surface area contributed by atoms with E-state index in [-0.39, 0.29) is 12.8 Å². The van der Waals surface area contributed by atoms with Gasteiger partial charge in [0.05, 0.1) is 6.61 Å². The summed E-state index contributed by atoms with van der Waals surface area (Å²) in [5.74, 6) is -1.22. The van der Waals surface area contributed by atoms with E-state index in [2.05, 4.69) is 80.7 Å². The third kappa shape index (κ3) is 29.1. The zero-order valence-electron chi connectivity index (χ0n) is 36.7. The van der Waals surface area contributed by atoms with Crippen LogP contribution in [-0.2, 0) is 32.7 Å². The fourth-order valence-electron chi connectivity index (χ4n) is 6.13. The van der Waals surface area contributed by atoms with E-state index in [0.717, 1.165) is 70.6 Å². The molecule has 0 amide bonds. The van der Waals surface area contributed by atoms with Crippen molar-refractivity contribution in [1.29, 1.82) is 0 Å². The number of carbonyl (C=O) groups excluding carboxylic acids is 2. The molecule has 1 aliphatic rings. The highest BCUT2D eigenvalue weighted by Gasteiger charge is 2.51. The number of carbonyl (C=O) groups is 2. The van der Waals surface area contributed by atoms with Gasteiger partial charge in [0.15, 0.2) is 6.10 Å². The molecule has 0 aromatic rings. The molecule has 0 spiro atoms. The fraction of sp³-hybridized carbons (Fsp3) is 0.660. The first kappa shape index (κ1) is 56.0. The third-order valence-corrected chi connectivity index (χ3v) is 10.7. The molecule has 1 aliphatic carbocycles. The monoisotopic (exact) mass is 881 g/mol. The van der Waals surface area contributed by atoms with Gasteiger partial charge in [-0.1, -0.05) is 137 Å². The van der Waals surface area contributed by atoms with Crippen LogP contribution < -0.4 is 0 Å². The number of allylic oxidation sites excluding steroid dienone is 14. The number of phosphoric acid groups is 1. The molecule has 0 heterocycles. The van der Waals surface area contributed by atoms with Gasteiger partial charge in [0.25, 0.3) is 0 Å². The molecule has 0 saturated heterocycles. The maximum atomic E-state index is 12.8. The Labute approximate surface area is 365 Å². The molecule has 13 nitrogen and oxygen atoms in total. The molecule has 8 atom stereocenters. The zero-order valence-corrected chi connectivity index (χ0v) is 37.6. The molecular weight excluding hydrogens is 803 g/mol. The van der Waals surface area contributed by atoms with E-state index in [0.29, 0.717) is 19.3 Å². The Morgan fingerprint density at radius 1 is 0.525 bits per heavy atom. The van der Waals surface area contributed by atoms with Crippen LogP contribution in [0.3, 0.4) is 0 Å². The number of hydrogen-bond acceptors (Lipinski definition) is 12. The van der Waals surface area contributed by atoms with Gasteiger partial charge < -0.3 is 39.9 Å². The van der Waals surface area contributed by atoms with E-state index in [1.807, 2.05) is 18.2 Å². The van der Waals surface area contributed by atoms with E-state index >= 15 is 0 Å². The van der Waals surface area contributed by atoms with Gasteiger partial charge in [0, 0.05) is 12.8 Å². The first-order chi connectivity index (χ1) is 29.4. The van der Waals surface area contributed by atoms with Crippen LogP contribution in [0.2, 0.25) is 0 Å². The molecule has 6 unspecified atom stereocenters. The first-order valence-corrected chi connectivity index (χ1v) is 23.9. The van der Waals surface area contributed by atoms with Crippen LogP contribution in [0.5, 0.6) is 0 Å². The highest BCUT2D eigenvalue weighted by atomic mass is 31.2. The number of phosphoric ester groups is 1. The summed E-state index contributed by atoms with van der Waals surface area (Å²) in [5, 5.41) is 50.1. The molecular formula is C47H77O13P. The Hall–Kier alpha value is -2.97. The number of ether oxygens (including phenoxy) is 2. The van der Waals surface area contributed by atoms with Crippen LogP contribution in [0.25, 0.3) is 0 Å². The van der Waals surface area contributed by atoms with Crippen molar-refractivity contribution >= 4 is 19.8 Å². The Kier molecular flexibility index (Phi) is 33.5. The minimum Gasteiger partial charge on any atom is -0.462 e. The summed E-state index contributed by atoms with van der Waals surface area (Å²) in [5.41, 5.74) is 0. The summed E-state index contributed by atoms with van der Waals surface area (Å²) in [6.45, 7) is 3.08. The van der Waals surface area contributed by atoms with Crippen molar-refractivity contribution in [3.8, 4) is 0 Å². The van der Waals surface area contributed by atoms with Crippen molar-refractivity contribution in [3.63, 3.8) is 0 Å². The van der Waals surface area contributed by atoms with Crippen molar-refractivity contribution in [2.45, 2.75) is 185 Å². The predicted octanol–water partition coefficient (Wildman–Crippen LogP) is 8.50. The summed E-state index contributed by atoms with van der Waals surface area (Å²) < 4.78 is 33.4. The molecule has 0 radical (unpaired) electrons. The number of rotatable bonds is 35. The summed E-state index contributed by atoms with van der Waals surface area (Å²) in [6, 6.07) is 0. The molecule has 0 aliphatic heterocycles. The summed E-state index contributed by atoms with van der Waals surface area (Å²) in [4.78, 5) is 35.6. The van der Waals surface area contributed by atoms with Gasteiger partial charge in [-0.05, 0) is 77.0 Å². The molecule has 0 aromatic heterocycles. The number of esters is 2. The van der Waals surface area contributed by atoms with E-state index in [1.54, 1.807) is 0 Å². The van der Waals surface area contributed by atoms with E-state index in [4.69, 9.17) is 18.5 Å². The van der Waals surface area contributed by atoms with Gasteiger partial charge in [0.2, 0.25) is 0 Å². The smallest absolute Gasteiger partial charge is 0.462 e. The second kappa shape index (κ2) is 36.5. The third-order valence-electron chi connectivity index (χ3n) is 9.73. The minimum absolute atomic E-state index is 0.0345. The highest BCUT2D eigenvalue weighted by molar-refractivity contribution is 7.47. The summed E-state index contributed by atoms with van der Waals surface area (Å²) in [6.07, 6.45) is 33.7. The Bertz CT molecular complexity index is 1390. The van der Waals surface area contributed by atoms with E-state index < -0.39 is 75.7 Å². The van der Waals surface area contributed by atoms with Crippen LogP contribution in [0.1, 0.15) is 142 Å². The second-order valence-corrected chi connectivity index (χ2v) is 16.6. The van der Waals surface area contributed by atoms with Crippen LogP contribution in [0, 0.1) is 0 Å². The standard InChI is InChI=1S/C47H77O13P/c1-3-5-7-9-11-13-15-17-18-19-20-21-22-24-26-28-30-32-34-36-41(49)59-39(38-58-61(55,56)60-47-45(53)43(51)42(50)44(52)46(47)54)37-57-40(48)35-33-31-29-27-25-23-16-14-12-10-8-6-4-2/h5,7,11,13-14,16-18,20-21,24,26,30,32,39,42-47,50-54H,3-4,6,8-10,12,15,19,22-23,25,27-29,31,33-38H2,1-2H3,(H,55,56)/b7-5+,13-11+,16-14+,18-17+,21-20+,26-24+,32-30+/t39-,42?,43+,44?,45?,46?,47?/m1/s1. The summed E-state index contributed by atoms with van der Waals surface area (Å²) >= 11 is 0. The number of hydrogen-bond donors (Lipinski definition) is 6. The second-order valence-electron chi connectivity index (χ2n) is 15.2. The van der Waals surface area contributed by atoms with Gasteiger partial charge in [-0.15, -0.1) is 0 Å². The van der Waals surface area contributed by atoms with Crippen LogP contribution in [0.15, 0.2) is 85.1 Å². The maximum absolute atomic E-state index is 12.8.